The molecule has 5 nitrogen and oxygen atoms in total. The number of nitrogens with zero attached hydrogens (tertiary/aromatic N) is 2. The Morgan fingerprint density at radius 2 is 2.04 bits per heavy atom. The van der Waals surface area contributed by atoms with Gasteiger partial charge in [0.2, 0.25) is 5.91 Å². The van der Waals surface area contributed by atoms with E-state index in [1.807, 2.05) is 20.0 Å². The fraction of sp³-hybridized carbons (Fsp3) is 0.588. The molecule has 2 unspecified atom stereocenters. The summed E-state index contributed by atoms with van der Waals surface area (Å²) in [6.45, 7) is 5.74. The quantitative estimate of drug-likeness (QED) is 0.822. The van der Waals surface area contributed by atoms with E-state index in [9.17, 15) is 4.79 Å². The van der Waals surface area contributed by atoms with Crippen molar-refractivity contribution < 1.29 is 9.53 Å². The van der Waals surface area contributed by atoms with Crippen molar-refractivity contribution in [2.24, 2.45) is 5.73 Å². The van der Waals surface area contributed by atoms with Gasteiger partial charge in [-0.15, -0.1) is 24.8 Å². The van der Waals surface area contributed by atoms with E-state index in [2.05, 4.69) is 29.2 Å². The Bertz CT molecular complexity index is 476. The zero-order valence-electron chi connectivity index (χ0n) is 14.4. The van der Waals surface area contributed by atoms with Gasteiger partial charge < -0.3 is 15.4 Å². The second kappa shape index (κ2) is 11.7. The van der Waals surface area contributed by atoms with E-state index in [1.54, 1.807) is 4.90 Å². The number of likely N-dealkylation sites (N-methyl/N-ethyl adjacent to an activating group) is 1. The van der Waals surface area contributed by atoms with Crippen molar-refractivity contribution in [2.75, 3.05) is 33.3 Å². The molecular formula is C17H29Cl2N3O2. The van der Waals surface area contributed by atoms with Crippen LogP contribution in [-0.4, -0.2) is 61.1 Å². The fourth-order valence-electron chi connectivity index (χ4n) is 2.63. The number of carbonyl (C=O) groups excluding carboxylic acids is 1. The summed E-state index contributed by atoms with van der Waals surface area (Å²) in [7, 11) is 1.81. The van der Waals surface area contributed by atoms with Crippen LogP contribution < -0.4 is 5.73 Å². The molecular weight excluding hydrogens is 349 g/mol. The Hall–Kier alpha value is -0.850. The normalized spacial score (nSPS) is 18.9. The predicted octanol–water partition coefficient (Wildman–Crippen LogP) is 1.93. The lowest BCUT2D eigenvalue weighted by Crippen LogP contribution is -2.46. The molecule has 7 heteroatoms. The van der Waals surface area contributed by atoms with Crippen LogP contribution in [0.15, 0.2) is 30.3 Å². The van der Waals surface area contributed by atoms with Crippen molar-refractivity contribution in [3.63, 3.8) is 0 Å². The van der Waals surface area contributed by atoms with Crippen molar-refractivity contribution in [2.45, 2.75) is 32.0 Å². The SMILES string of the molecule is CC(CN)N(C)C(=O)CC1CN(Cc2ccccc2)CCO1.Cl.Cl. The van der Waals surface area contributed by atoms with Gasteiger partial charge in [0.25, 0.3) is 0 Å². The Kier molecular flexibility index (Phi) is 11.2. The van der Waals surface area contributed by atoms with Gasteiger partial charge in [0.15, 0.2) is 0 Å². The van der Waals surface area contributed by atoms with E-state index in [1.165, 1.54) is 5.56 Å². The zero-order valence-corrected chi connectivity index (χ0v) is 16.0. The molecule has 138 valence electrons. The van der Waals surface area contributed by atoms with E-state index in [0.717, 1.165) is 19.6 Å². The average Bonchev–Trinajstić information content (AvgIpc) is 2.54. The molecule has 2 rings (SSSR count). The molecule has 0 saturated carbocycles. The van der Waals surface area contributed by atoms with Crippen LogP contribution in [0.2, 0.25) is 0 Å². The van der Waals surface area contributed by atoms with Gasteiger partial charge in [0, 0.05) is 39.3 Å². The Labute approximate surface area is 157 Å². The van der Waals surface area contributed by atoms with Crippen molar-refractivity contribution >= 4 is 30.7 Å². The molecule has 1 aliphatic rings. The summed E-state index contributed by atoms with van der Waals surface area (Å²) in [6, 6.07) is 10.5. The van der Waals surface area contributed by atoms with E-state index in [0.29, 0.717) is 19.6 Å². The maximum Gasteiger partial charge on any atom is 0.225 e. The molecule has 24 heavy (non-hydrogen) atoms. The van der Waals surface area contributed by atoms with Crippen LogP contribution in [0.25, 0.3) is 0 Å². The second-order valence-corrected chi connectivity index (χ2v) is 6.01. The monoisotopic (exact) mass is 377 g/mol. The second-order valence-electron chi connectivity index (χ2n) is 6.01. The third-order valence-corrected chi connectivity index (χ3v) is 4.27. The van der Waals surface area contributed by atoms with Crippen molar-refractivity contribution in [1.82, 2.24) is 9.80 Å². The van der Waals surface area contributed by atoms with Crippen LogP contribution in [0.3, 0.4) is 0 Å². The molecule has 2 atom stereocenters. The van der Waals surface area contributed by atoms with E-state index in [-0.39, 0.29) is 42.9 Å². The highest BCUT2D eigenvalue weighted by Crippen LogP contribution is 2.14. The lowest BCUT2D eigenvalue weighted by atomic mass is 10.1. The largest absolute Gasteiger partial charge is 0.375 e. The molecule has 0 radical (unpaired) electrons. The number of amides is 1. The highest BCUT2D eigenvalue weighted by Gasteiger charge is 2.25. The van der Waals surface area contributed by atoms with Crippen LogP contribution in [0.4, 0.5) is 0 Å². The number of hydrogen-bond acceptors (Lipinski definition) is 4. The van der Waals surface area contributed by atoms with E-state index >= 15 is 0 Å². The third-order valence-electron chi connectivity index (χ3n) is 4.27. The average molecular weight is 378 g/mol. The molecule has 0 spiro atoms. The summed E-state index contributed by atoms with van der Waals surface area (Å²) in [5.41, 5.74) is 6.91. The molecule has 0 aliphatic carbocycles. The molecule has 1 aromatic carbocycles. The lowest BCUT2D eigenvalue weighted by Gasteiger charge is -2.34. The molecule has 1 aliphatic heterocycles. The van der Waals surface area contributed by atoms with Gasteiger partial charge in [-0.3, -0.25) is 9.69 Å². The van der Waals surface area contributed by atoms with E-state index in [4.69, 9.17) is 10.5 Å². The summed E-state index contributed by atoms with van der Waals surface area (Å²) in [5, 5.41) is 0. The van der Waals surface area contributed by atoms with Gasteiger partial charge in [-0.05, 0) is 12.5 Å². The number of hydrogen-bond donors (Lipinski definition) is 1. The highest BCUT2D eigenvalue weighted by molar-refractivity contribution is 5.85. The molecule has 1 saturated heterocycles. The summed E-state index contributed by atoms with van der Waals surface area (Å²) >= 11 is 0. The number of nitrogens with two attached hydrogens (primary N) is 1. The third kappa shape index (κ3) is 6.95. The number of rotatable bonds is 6. The molecule has 1 amide bonds. The number of halogens is 2. The van der Waals surface area contributed by atoms with Crippen molar-refractivity contribution in [3.8, 4) is 0 Å². The first kappa shape index (κ1) is 23.1. The number of ether oxygens (including phenoxy) is 1. The van der Waals surface area contributed by atoms with E-state index < -0.39 is 0 Å². The maximum absolute atomic E-state index is 12.2. The number of morpholine rings is 1. The fourth-order valence-corrected chi connectivity index (χ4v) is 2.63. The predicted molar refractivity (Wildman–Crippen MR) is 102 cm³/mol. The molecule has 2 N–H and O–H groups in total. The van der Waals surface area contributed by atoms with Crippen LogP contribution in [0, 0.1) is 0 Å². The topological polar surface area (TPSA) is 58.8 Å². The molecule has 0 bridgehead atoms. The summed E-state index contributed by atoms with van der Waals surface area (Å²) in [4.78, 5) is 16.3. The first-order valence-electron chi connectivity index (χ1n) is 7.93. The molecule has 1 aromatic rings. The van der Waals surface area contributed by atoms with Crippen molar-refractivity contribution in [3.05, 3.63) is 35.9 Å². The summed E-state index contributed by atoms with van der Waals surface area (Å²) in [6.07, 6.45) is 0.393. The van der Waals surface area contributed by atoms with Gasteiger partial charge >= 0.3 is 0 Å². The highest BCUT2D eigenvalue weighted by atomic mass is 35.5. The van der Waals surface area contributed by atoms with Gasteiger partial charge in [0.1, 0.15) is 0 Å². The van der Waals surface area contributed by atoms with Crippen LogP contribution in [0.5, 0.6) is 0 Å². The smallest absolute Gasteiger partial charge is 0.225 e. The first-order chi connectivity index (χ1) is 10.6. The Morgan fingerprint density at radius 1 is 1.38 bits per heavy atom. The minimum atomic E-state index is -0.0302. The van der Waals surface area contributed by atoms with Gasteiger partial charge in [-0.2, -0.15) is 0 Å². The minimum Gasteiger partial charge on any atom is -0.375 e. The van der Waals surface area contributed by atoms with Crippen LogP contribution in [0.1, 0.15) is 18.9 Å². The maximum atomic E-state index is 12.2. The molecule has 0 aromatic heterocycles. The Balaban J connectivity index is 0.00000264. The number of benzene rings is 1. The van der Waals surface area contributed by atoms with Gasteiger partial charge in [-0.25, -0.2) is 0 Å². The summed E-state index contributed by atoms with van der Waals surface area (Å²) in [5.74, 6) is 0.101. The lowest BCUT2D eigenvalue weighted by molar-refractivity contribution is -0.136. The van der Waals surface area contributed by atoms with Gasteiger partial charge in [0.05, 0.1) is 19.1 Å². The standard InChI is InChI=1S/C17H27N3O2.2ClH/c1-14(11-18)19(2)17(21)10-16-13-20(8-9-22-16)12-15-6-4-3-5-7-15;;/h3-7,14,16H,8-13,18H2,1-2H3;2*1H. The first-order valence-corrected chi connectivity index (χ1v) is 7.93. The Morgan fingerprint density at radius 3 is 2.67 bits per heavy atom. The number of carbonyl (C=O) groups is 1. The van der Waals surface area contributed by atoms with Gasteiger partial charge in [-0.1, -0.05) is 30.3 Å². The van der Waals surface area contributed by atoms with Crippen LogP contribution >= 0.6 is 24.8 Å². The minimum absolute atomic E-state index is 0. The van der Waals surface area contributed by atoms with Crippen LogP contribution in [-0.2, 0) is 16.1 Å². The molecule has 1 heterocycles. The zero-order chi connectivity index (χ0) is 15.9. The van der Waals surface area contributed by atoms with Crippen molar-refractivity contribution in [1.29, 1.82) is 0 Å². The summed E-state index contributed by atoms with van der Waals surface area (Å²) < 4.78 is 5.76. The molecule has 1 fully saturated rings.